The van der Waals surface area contributed by atoms with Crippen LogP contribution in [0.5, 0.6) is 11.6 Å². The van der Waals surface area contributed by atoms with Crippen LogP contribution in [0.2, 0.25) is 0 Å². The predicted octanol–water partition coefficient (Wildman–Crippen LogP) is 3.49. The molecule has 3 rings (SSSR count). The van der Waals surface area contributed by atoms with Crippen molar-refractivity contribution in [2.24, 2.45) is 5.41 Å². The van der Waals surface area contributed by atoms with Crippen molar-refractivity contribution in [1.29, 1.82) is 0 Å². The van der Waals surface area contributed by atoms with E-state index in [-0.39, 0.29) is 17.8 Å². The summed E-state index contributed by atoms with van der Waals surface area (Å²) in [6.07, 6.45) is 1.43. The van der Waals surface area contributed by atoms with Crippen LogP contribution in [0.3, 0.4) is 0 Å². The number of carbonyl (C=O) groups is 1. The molecule has 1 aromatic carbocycles. The highest BCUT2D eigenvalue weighted by molar-refractivity contribution is 5.82. The summed E-state index contributed by atoms with van der Waals surface area (Å²) >= 11 is 0. The van der Waals surface area contributed by atoms with Crippen molar-refractivity contribution in [3.8, 4) is 11.6 Å². The number of aromatic nitrogens is 2. The fourth-order valence-corrected chi connectivity index (χ4v) is 3.11. The van der Waals surface area contributed by atoms with Gasteiger partial charge in [-0.25, -0.2) is 14.4 Å². The lowest BCUT2D eigenvalue weighted by atomic mass is 9.93. The molecule has 2 aromatic rings. The molecule has 27 heavy (non-hydrogen) atoms. The average molecular weight is 372 g/mol. The number of ether oxygens (including phenoxy) is 1. The van der Waals surface area contributed by atoms with Gasteiger partial charge in [-0.1, -0.05) is 26.8 Å². The Morgan fingerprint density at radius 2 is 2.00 bits per heavy atom. The van der Waals surface area contributed by atoms with E-state index in [1.54, 1.807) is 18.2 Å². The lowest BCUT2D eigenvalue weighted by Gasteiger charge is -2.42. The smallest absolute Gasteiger partial charge is 0.228 e. The summed E-state index contributed by atoms with van der Waals surface area (Å²) in [5, 5.41) is 0. The SMILES string of the molecule is CC1CN(c2cc(Oc3cccc(F)c3)ncn2)CCN1C(=O)C(C)(C)C. The molecule has 6 nitrogen and oxygen atoms in total. The Hall–Kier alpha value is -2.70. The highest BCUT2D eigenvalue weighted by atomic mass is 19.1. The van der Waals surface area contributed by atoms with E-state index in [1.165, 1.54) is 18.5 Å². The summed E-state index contributed by atoms with van der Waals surface area (Å²) in [5.74, 6) is 1.26. The number of rotatable bonds is 3. The highest BCUT2D eigenvalue weighted by Crippen LogP contribution is 2.26. The van der Waals surface area contributed by atoms with Gasteiger partial charge in [0.05, 0.1) is 0 Å². The van der Waals surface area contributed by atoms with Gasteiger partial charge in [0.1, 0.15) is 23.7 Å². The van der Waals surface area contributed by atoms with Crippen LogP contribution >= 0.6 is 0 Å². The molecule has 1 saturated heterocycles. The minimum absolute atomic E-state index is 0.0769. The first-order valence-electron chi connectivity index (χ1n) is 9.05. The second-order valence-corrected chi connectivity index (χ2v) is 7.82. The van der Waals surface area contributed by atoms with E-state index >= 15 is 0 Å². The molecule has 0 bridgehead atoms. The van der Waals surface area contributed by atoms with Crippen molar-refractivity contribution in [2.45, 2.75) is 33.7 Å². The normalized spacial score (nSPS) is 17.7. The van der Waals surface area contributed by atoms with Crippen LogP contribution < -0.4 is 9.64 Å². The third-order valence-electron chi connectivity index (χ3n) is 4.50. The van der Waals surface area contributed by atoms with Crippen LogP contribution in [0.1, 0.15) is 27.7 Å². The fourth-order valence-electron chi connectivity index (χ4n) is 3.11. The quantitative estimate of drug-likeness (QED) is 0.825. The number of hydrogen-bond donors (Lipinski definition) is 0. The monoisotopic (exact) mass is 372 g/mol. The summed E-state index contributed by atoms with van der Waals surface area (Å²) in [4.78, 5) is 25.1. The van der Waals surface area contributed by atoms with Gasteiger partial charge in [0, 0.05) is 43.2 Å². The van der Waals surface area contributed by atoms with E-state index in [9.17, 15) is 9.18 Å². The maximum absolute atomic E-state index is 13.3. The second kappa shape index (κ2) is 7.50. The molecule has 144 valence electrons. The van der Waals surface area contributed by atoms with Gasteiger partial charge in [-0.15, -0.1) is 0 Å². The Kier molecular flexibility index (Phi) is 5.30. The van der Waals surface area contributed by atoms with Gasteiger partial charge in [-0.05, 0) is 19.1 Å². The average Bonchev–Trinajstić information content (AvgIpc) is 2.60. The number of nitrogens with zero attached hydrogens (tertiary/aromatic N) is 4. The number of halogens is 1. The number of anilines is 1. The number of amides is 1. The molecule has 0 aliphatic carbocycles. The van der Waals surface area contributed by atoms with Crippen LogP contribution in [0, 0.1) is 11.2 Å². The van der Waals surface area contributed by atoms with Crippen molar-refractivity contribution in [3.63, 3.8) is 0 Å². The molecule has 0 spiro atoms. The Labute approximate surface area is 159 Å². The summed E-state index contributed by atoms with van der Waals surface area (Å²) in [6, 6.07) is 7.73. The molecule has 0 radical (unpaired) electrons. The van der Waals surface area contributed by atoms with Gasteiger partial charge in [0.15, 0.2) is 0 Å². The Bertz CT molecular complexity index is 822. The zero-order chi connectivity index (χ0) is 19.6. The van der Waals surface area contributed by atoms with Crippen molar-refractivity contribution in [2.75, 3.05) is 24.5 Å². The summed E-state index contributed by atoms with van der Waals surface area (Å²) in [6.45, 7) is 9.86. The van der Waals surface area contributed by atoms with E-state index in [1.807, 2.05) is 32.6 Å². The lowest BCUT2D eigenvalue weighted by molar-refractivity contribution is -0.142. The van der Waals surface area contributed by atoms with Gasteiger partial charge >= 0.3 is 0 Å². The zero-order valence-electron chi connectivity index (χ0n) is 16.1. The van der Waals surface area contributed by atoms with Crippen molar-refractivity contribution >= 4 is 11.7 Å². The molecule has 2 heterocycles. The second-order valence-electron chi connectivity index (χ2n) is 7.82. The third kappa shape index (κ3) is 4.53. The van der Waals surface area contributed by atoms with Crippen molar-refractivity contribution < 1.29 is 13.9 Å². The molecule has 1 atom stereocenters. The number of carbonyl (C=O) groups excluding carboxylic acids is 1. The van der Waals surface area contributed by atoms with Crippen LogP contribution in [0.25, 0.3) is 0 Å². The number of piperazine rings is 1. The Balaban J connectivity index is 1.70. The maximum Gasteiger partial charge on any atom is 0.228 e. The molecule has 1 aliphatic rings. The number of benzene rings is 1. The Morgan fingerprint density at radius 3 is 2.67 bits per heavy atom. The van der Waals surface area contributed by atoms with E-state index in [0.29, 0.717) is 31.3 Å². The van der Waals surface area contributed by atoms with Crippen molar-refractivity contribution in [1.82, 2.24) is 14.9 Å². The molecule has 1 unspecified atom stereocenters. The molecule has 0 saturated carbocycles. The molecule has 7 heteroatoms. The van der Waals surface area contributed by atoms with Gasteiger partial charge in [0.25, 0.3) is 0 Å². The minimum atomic E-state index is -0.392. The highest BCUT2D eigenvalue weighted by Gasteiger charge is 2.34. The lowest BCUT2D eigenvalue weighted by Crippen LogP contribution is -2.56. The summed E-state index contributed by atoms with van der Waals surface area (Å²) in [5.41, 5.74) is -0.392. The minimum Gasteiger partial charge on any atom is -0.439 e. The molecule has 1 fully saturated rings. The van der Waals surface area contributed by atoms with Gasteiger partial charge in [-0.3, -0.25) is 4.79 Å². The first kappa shape index (κ1) is 19.1. The van der Waals surface area contributed by atoms with Crippen LogP contribution in [-0.2, 0) is 4.79 Å². The third-order valence-corrected chi connectivity index (χ3v) is 4.50. The fraction of sp³-hybridized carbons (Fsp3) is 0.450. The van der Waals surface area contributed by atoms with Gasteiger partial charge in [-0.2, -0.15) is 0 Å². The Morgan fingerprint density at radius 1 is 1.22 bits per heavy atom. The molecule has 1 aromatic heterocycles. The van der Waals surface area contributed by atoms with Gasteiger partial charge in [0.2, 0.25) is 11.8 Å². The first-order valence-corrected chi connectivity index (χ1v) is 9.05. The number of hydrogen-bond acceptors (Lipinski definition) is 5. The van der Waals surface area contributed by atoms with Crippen molar-refractivity contribution in [3.05, 3.63) is 42.5 Å². The summed E-state index contributed by atoms with van der Waals surface area (Å²) < 4.78 is 19.0. The van der Waals surface area contributed by atoms with E-state index < -0.39 is 5.41 Å². The molecule has 0 N–H and O–H groups in total. The predicted molar refractivity (Wildman–Crippen MR) is 101 cm³/mol. The van der Waals surface area contributed by atoms with E-state index in [2.05, 4.69) is 14.9 Å². The first-order chi connectivity index (χ1) is 12.7. The van der Waals surface area contributed by atoms with Crippen LogP contribution in [0.15, 0.2) is 36.7 Å². The molecular weight excluding hydrogens is 347 g/mol. The topological polar surface area (TPSA) is 58.6 Å². The maximum atomic E-state index is 13.3. The van der Waals surface area contributed by atoms with Crippen LogP contribution in [-0.4, -0.2) is 46.5 Å². The standard InChI is InChI=1S/C20H25FN4O2/c1-14-12-24(8-9-25(14)19(26)20(2,3)4)17-11-18(23-13-22-17)27-16-7-5-6-15(21)10-16/h5-7,10-11,13-14H,8-9,12H2,1-4H3. The molecule has 1 aliphatic heterocycles. The van der Waals surface area contributed by atoms with Gasteiger partial charge < -0.3 is 14.5 Å². The zero-order valence-corrected chi connectivity index (χ0v) is 16.1. The largest absolute Gasteiger partial charge is 0.439 e. The molecule has 1 amide bonds. The summed E-state index contributed by atoms with van der Waals surface area (Å²) in [7, 11) is 0. The molecular formula is C20H25FN4O2. The van der Waals surface area contributed by atoms with E-state index in [4.69, 9.17) is 4.74 Å². The van der Waals surface area contributed by atoms with E-state index in [0.717, 1.165) is 5.82 Å². The van der Waals surface area contributed by atoms with Crippen LogP contribution in [0.4, 0.5) is 10.2 Å².